The molecule has 2 aliphatic heterocycles. The van der Waals surface area contributed by atoms with Gasteiger partial charge in [0.05, 0.1) is 6.42 Å². The summed E-state index contributed by atoms with van der Waals surface area (Å²) in [5.41, 5.74) is 0.810. The minimum absolute atomic E-state index is 0.0186. The lowest BCUT2D eigenvalue weighted by molar-refractivity contribution is -0.162. The zero-order valence-electron chi connectivity index (χ0n) is 29.9. The molecular weight excluding hydrogens is 614 g/mol. The van der Waals surface area contributed by atoms with E-state index < -0.39 is 65.8 Å². The Bertz CT molecular complexity index is 1300. The highest BCUT2D eigenvalue weighted by molar-refractivity contribution is 5.96. The summed E-state index contributed by atoms with van der Waals surface area (Å²) in [5, 5.41) is 5.70. The standard InChI is InChI=1S/C36H55N5O7/c1-22(2)19-28-32(43)37-17-16-30(42)48-29(20-23(3)4)35(46)41-18-12-15-27(41)33(44)38-26(21-25-13-10-9-11-14-25)34(45)40(8)31(24(5)6)36(47)39(28)7/h9-11,13-14,22-24,26-29,31H,12,15-21H2,1-8H3,(H,37,43)(H,38,44)/t26-,27-,28?,29-,31-/m0/s1. The zero-order valence-corrected chi connectivity index (χ0v) is 29.9. The van der Waals surface area contributed by atoms with Crippen molar-refractivity contribution in [1.29, 1.82) is 0 Å². The van der Waals surface area contributed by atoms with Crippen molar-refractivity contribution >= 4 is 35.5 Å². The number of carbonyl (C=O) groups excluding carboxylic acids is 6. The average Bonchev–Trinajstić information content (AvgIpc) is 3.52. The van der Waals surface area contributed by atoms with Crippen LogP contribution in [0.15, 0.2) is 30.3 Å². The smallest absolute Gasteiger partial charge is 0.308 e. The van der Waals surface area contributed by atoms with Gasteiger partial charge >= 0.3 is 5.97 Å². The van der Waals surface area contributed by atoms with Crippen molar-refractivity contribution in [3.05, 3.63) is 35.9 Å². The number of nitrogens with zero attached hydrogens (tertiary/aromatic N) is 3. The number of amides is 5. The lowest BCUT2D eigenvalue weighted by atomic mass is 9.96. The van der Waals surface area contributed by atoms with Crippen LogP contribution in [-0.2, 0) is 39.9 Å². The van der Waals surface area contributed by atoms with Crippen LogP contribution in [0.4, 0.5) is 0 Å². The Balaban J connectivity index is 2.08. The van der Waals surface area contributed by atoms with E-state index in [1.165, 1.54) is 14.7 Å². The van der Waals surface area contributed by atoms with Gasteiger partial charge in [0.2, 0.25) is 23.6 Å². The normalized spacial score (nSPS) is 25.9. The number of fused-ring (bicyclic) bond motifs is 1. The van der Waals surface area contributed by atoms with E-state index in [4.69, 9.17) is 4.74 Å². The fourth-order valence-corrected chi connectivity index (χ4v) is 6.59. The lowest BCUT2D eigenvalue weighted by Crippen LogP contribution is -2.60. The molecule has 0 spiro atoms. The van der Waals surface area contributed by atoms with Crippen LogP contribution in [0.3, 0.4) is 0 Å². The zero-order chi connectivity index (χ0) is 35.7. The number of esters is 1. The van der Waals surface area contributed by atoms with Crippen LogP contribution in [-0.4, -0.2) is 108 Å². The first kappa shape index (κ1) is 38.5. The Morgan fingerprint density at radius 2 is 1.46 bits per heavy atom. The number of rotatable bonds is 7. The second-order valence-electron chi connectivity index (χ2n) is 14.3. The molecule has 2 saturated heterocycles. The summed E-state index contributed by atoms with van der Waals surface area (Å²) in [6.45, 7) is 11.7. The maximum absolute atomic E-state index is 14.3. The quantitative estimate of drug-likeness (QED) is 0.425. The van der Waals surface area contributed by atoms with E-state index in [0.717, 1.165) is 5.56 Å². The van der Waals surface area contributed by atoms with Crippen molar-refractivity contribution in [3.63, 3.8) is 0 Å². The highest BCUT2D eigenvalue weighted by atomic mass is 16.5. The molecule has 0 radical (unpaired) electrons. The molecule has 48 heavy (non-hydrogen) atoms. The van der Waals surface area contributed by atoms with Gasteiger partial charge < -0.3 is 30.1 Å². The van der Waals surface area contributed by atoms with E-state index in [-0.39, 0.29) is 43.6 Å². The number of ether oxygens (including phenoxy) is 1. The average molecular weight is 670 g/mol. The maximum atomic E-state index is 14.3. The van der Waals surface area contributed by atoms with E-state index >= 15 is 0 Å². The third kappa shape index (κ3) is 10.0. The number of cyclic esters (lactones) is 1. The number of benzene rings is 1. The molecule has 0 saturated carbocycles. The summed E-state index contributed by atoms with van der Waals surface area (Å²) in [4.78, 5) is 86.9. The second kappa shape index (κ2) is 17.4. The molecular formula is C36H55N5O7. The molecule has 2 fully saturated rings. The Kier molecular flexibility index (Phi) is 14.0. The number of carbonyl (C=O) groups is 6. The third-order valence-corrected chi connectivity index (χ3v) is 9.06. The third-order valence-electron chi connectivity index (χ3n) is 9.06. The SMILES string of the molecule is CC(C)CC1C(=O)NCCC(=O)O[C@@H](CC(C)C)C(=O)N2CCC[C@H]2C(=O)N[C@@H](Cc2ccccc2)C(=O)N(C)[C@@H](C(C)C)C(=O)N1C. The van der Waals surface area contributed by atoms with Crippen molar-refractivity contribution in [2.24, 2.45) is 17.8 Å². The van der Waals surface area contributed by atoms with Crippen LogP contribution in [0.1, 0.15) is 79.2 Å². The molecule has 12 nitrogen and oxygen atoms in total. The number of hydrogen-bond acceptors (Lipinski definition) is 7. The summed E-state index contributed by atoms with van der Waals surface area (Å²) in [6, 6.07) is 5.59. The first-order valence-electron chi connectivity index (χ1n) is 17.3. The first-order valence-corrected chi connectivity index (χ1v) is 17.3. The van der Waals surface area contributed by atoms with Gasteiger partial charge in [-0.15, -0.1) is 0 Å². The Morgan fingerprint density at radius 1 is 0.812 bits per heavy atom. The molecule has 3 rings (SSSR count). The predicted octanol–water partition coefficient (Wildman–Crippen LogP) is 2.54. The highest BCUT2D eigenvalue weighted by Crippen LogP contribution is 2.24. The van der Waals surface area contributed by atoms with Gasteiger partial charge in [-0.05, 0) is 49.0 Å². The van der Waals surface area contributed by atoms with Crippen LogP contribution < -0.4 is 10.6 Å². The molecule has 1 unspecified atom stereocenters. The molecule has 2 heterocycles. The Labute approximate surface area is 285 Å². The maximum Gasteiger partial charge on any atom is 0.308 e. The van der Waals surface area contributed by atoms with Crippen LogP contribution in [0.25, 0.3) is 0 Å². The molecule has 2 aliphatic rings. The molecule has 1 aromatic carbocycles. The van der Waals surface area contributed by atoms with Crippen LogP contribution in [0.5, 0.6) is 0 Å². The van der Waals surface area contributed by atoms with Crippen molar-refractivity contribution in [1.82, 2.24) is 25.3 Å². The summed E-state index contributed by atoms with van der Waals surface area (Å²) < 4.78 is 5.68. The van der Waals surface area contributed by atoms with Gasteiger partial charge in [0.1, 0.15) is 24.2 Å². The van der Waals surface area contributed by atoms with Crippen molar-refractivity contribution < 1.29 is 33.5 Å². The molecule has 2 N–H and O–H groups in total. The molecule has 5 atom stereocenters. The highest BCUT2D eigenvalue weighted by Gasteiger charge is 2.42. The predicted molar refractivity (Wildman–Crippen MR) is 181 cm³/mol. The summed E-state index contributed by atoms with van der Waals surface area (Å²) >= 11 is 0. The first-order chi connectivity index (χ1) is 22.6. The molecule has 12 heteroatoms. The number of hydrogen-bond donors (Lipinski definition) is 2. The van der Waals surface area contributed by atoms with Crippen LogP contribution in [0.2, 0.25) is 0 Å². The second-order valence-corrected chi connectivity index (χ2v) is 14.3. The summed E-state index contributed by atoms with van der Waals surface area (Å²) in [7, 11) is 3.10. The molecule has 0 aliphatic carbocycles. The fraction of sp³-hybridized carbons (Fsp3) is 0.667. The van der Waals surface area contributed by atoms with Crippen LogP contribution >= 0.6 is 0 Å². The van der Waals surface area contributed by atoms with E-state index in [0.29, 0.717) is 25.8 Å². The number of likely N-dealkylation sites (N-methyl/N-ethyl adjacent to an activating group) is 2. The minimum atomic E-state index is -1.10. The topological polar surface area (TPSA) is 145 Å². The molecule has 0 aromatic heterocycles. The molecule has 5 amide bonds. The van der Waals surface area contributed by atoms with Gasteiger partial charge in [0, 0.05) is 33.6 Å². The summed E-state index contributed by atoms with van der Waals surface area (Å²) in [5.74, 6) is -3.12. The summed E-state index contributed by atoms with van der Waals surface area (Å²) in [6.07, 6.45) is 0.485. The Hall–Kier alpha value is -3.96. The van der Waals surface area contributed by atoms with Gasteiger partial charge in [-0.2, -0.15) is 0 Å². The molecule has 266 valence electrons. The monoisotopic (exact) mass is 669 g/mol. The van der Waals surface area contributed by atoms with Gasteiger partial charge in [-0.25, -0.2) is 0 Å². The molecule has 1 aromatic rings. The Morgan fingerprint density at radius 3 is 2.06 bits per heavy atom. The van der Waals surface area contributed by atoms with Crippen molar-refractivity contribution in [2.45, 2.75) is 110 Å². The minimum Gasteiger partial charge on any atom is -0.452 e. The number of nitrogens with one attached hydrogen (secondary N) is 2. The van der Waals surface area contributed by atoms with Crippen molar-refractivity contribution in [3.8, 4) is 0 Å². The lowest BCUT2D eigenvalue weighted by Gasteiger charge is -2.38. The largest absolute Gasteiger partial charge is 0.452 e. The van der Waals surface area contributed by atoms with E-state index in [1.54, 1.807) is 14.1 Å². The fourth-order valence-electron chi connectivity index (χ4n) is 6.59. The van der Waals surface area contributed by atoms with E-state index in [1.807, 2.05) is 71.9 Å². The van der Waals surface area contributed by atoms with E-state index in [2.05, 4.69) is 10.6 Å². The molecule has 0 bridgehead atoms. The van der Waals surface area contributed by atoms with Gasteiger partial charge in [0.25, 0.3) is 5.91 Å². The van der Waals surface area contributed by atoms with E-state index in [9.17, 15) is 28.8 Å². The van der Waals surface area contributed by atoms with Gasteiger partial charge in [-0.1, -0.05) is 71.9 Å². The van der Waals surface area contributed by atoms with Gasteiger partial charge in [0.15, 0.2) is 6.10 Å². The van der Waals surface area contributed by atoms with Gasteiger partial charge in [-0.3, -0.25) is 28.8 Å². The van der Waals surface area contributed by atoms with Crippen molar-refractivity contribution in [2.75, 3.05) is 27.2 Å². The van der Waals surface area contributed by atoms with Crippen LogP contribution in [0, 0.1) is 17.8 Å².